The Morgan fingerprint density at radius 2 is 1.35 bits per heavy atom. The fraction of sp³-hybridized carbons (Fsp3) is 0.407. The summed E-state index contributed by atoms with van der Waals surface area (Å²) in [6, 6.07) is 17.7. The summed E-state index contributed by atoms with van der Waals surface area (Å²) in [6.07, 6.45) is 9.51. The molecule has 2 amide bonds. The molecule has 4 heteroatoms. The number of carbonyl (C=O) groups is 2. The van der Waals surface area contributed by atoms with Crippen LogP contribution in [0.1, 0.15) is 69.4 Å². The van der Waals surface area contributed by atoms with Crippen molar-refractivity contribution >= 4 is 29.1 Å². The Morgan fingerprint density at radius 1 is 0.742 bits per heavy atom. The molecule has 164 valence electrons. The Labute approximate surface area is 190 Å². The first-order chi connectivity index (χ1) is 15.1. The van der Waals surface area contributed by atoms with Crippen LogP contribution in [-0.4, -0.2) is 23.3 Å². The minimum Gasteiger partial charge on any atom is -0.274 e. The van der Waals surface area contributed by atoms with Gasteiger partial charge in [0.25, 0.3) is 11.8 Å². The van der Waals surface area contributed by atoms with Crippen molar-refractivity contribution in [2.75, 3.05) is 6.54 Å². The Hall–Kier alpha value is -2.33. The van der Waals surface area contributed by atoms with Crippen LogP contribution in [0.5, 0.6) is 0 Å². The highest BCUT2D eigenvalue weighted by molar-refractivity contribution is 8.04. The summed E-state index contributed by atoms with van der Waals surface area (Å²) in [5.74, 6) is -0.312. The molecule has 0 saturated carbocycles. The lowest BCUT2D eigenvalue weighted by molar-refractivity contribution is -0.136. The van der Waals surface area contributed by atoms with E-state index in [0.29, 0.717) is 17.0 Å². The highest BCUT2D eigenvalue weighted by atomic mass is 32.2. The summed E-state index contributed by atoms with van der Waals surface area (Å²) in [7, 11) is 0. The largest absolute Gasteiger partial charge is 0.274 e. The average molecular weight is 436 g/mol. The van der Waals surface area contributed by atoms with E-state index in [2.05, 4.69) is 6.92 Å². The van der Waals surface area contributed by atoms with E-state index in [-0.39, 0.29) is 11.8 Å². The Kier molecular flexibility index (Phi) is 8.96. The molecule has 0 radical (unpaired) electrons. The lowest BCUT2D eigenvalue weighted by Gasteiger charge is -2.15. The van der Waals surface area contributed by atoms with E-state index < -0.39 is 0 Å². The summed E-state index contributed by atoms with van der Waals surface area (Å²) in [5.41, 5.74) is 2.49. The molecule has 2 aromatic rings. The minimum absolute atomic E-state index is 0.155. The van der Waals surface area contributed by atoms with Gasteiger partial charge in [-0.3, -0.25) is 14.5 Å². The number of carbonyl (C=O) groups excluding carboxylic acids is 2. The standard InChI is InChI=1S/C27H33NO2S/c1-3-4-5-6-7-8-9-13-20-28-26(29)24(22-18-16-21(2)17-19-22)25(27(28)30)31-23-14-11-10-12-15-23/h10-12,14-19H,3-9,13,20H2,1-2H3. The summed E-state index contributed by atoms with van der Waals surface area (Å²) in [5, 5.41) is 0. The van der Waals surface area contributed by atoms with Gasteiger partial charge in [0.1, 0.15) is 0 Å². The topological polar surface area (TPSA) is 37.4 Å². The molecule has 1 heterocycles. The van der Waals surface area contributed by atoms with Crippen LogP contribution < -0.4 is 0 Å². The molecule has 0 aliphatic carbocycles. The van der Waals surface area contributed by atoms with E-state index in [4.69, 9.17) is 0 Å². The molecule has 1 aliphatic heterocycles. The van der Waals surface area contributed by atoms with Gasteiger partial charge in [-0.25, -0.2) is 0 Å². The van der Waals surface area contributed by atoms with Gasteiger partial charge in [0.2, 0.25) is 0 Å². The molecule has 0 aromatic heterocycles. The van der Waals surface area contributed by atoms with Crippen molar-refractivity contribution in [3.63, 3.8) is 0 Å². The maximum atomic E-state index is 13.3. The van der Waals surface area contributed by atoms with Crippen LogP contribution in [-0.2, 0) is 9.59 Å². The number of hydrogen-bond acceptors (Lipinski definition) is 3. The van der Waals surface area contributed by atoms with E-state index in [0.717, 1.165) is 28.9 Å². The third-order valence-corrected chi connectivity index (χ3v) is 6.75. The molecule has 0 N–H and O–H groups in total. The van der Waals surface area contributed by atoms with Gasteiger partial charge < -0.3 is 0 Å². The van der Waals surface area contributed by atoms with Crippen molar-refractivity contribution in [2.45, 2.75) is 70.1 Å². The molecule has 0 spiro atoms. The van der Waals surface area contributed by atoms with Crippen LogP contribution in [0.15, 0.2) is 64.4 Å². The summed E-state index contributed by atoms with van der Waals surface area (Å²) < 4.78 is 0. The van der Waals surface area contributed by atoms with Gasteiger partial charge in [0.15, 0.2) is 0 Å². The highest BCUT2D eigenvalue weighted by Crippen LogP contribution is 2.39. The first-order valence-corrected chi connectivity index (χ1v) is 12.3. The Morgan fingerprint density at radius 3 is 2.00 bits per heavy atom. The molecule has 0 unspecified atom stereocenters. The average Bonchev–Trinajstić information content (AvgIpc) is 3.01. The summed E-state index contributed by atoms with van der Waals surface area (Å²) in [4.78, 5) is 29.5. The summed E-state index contributed by atoms with van der Waals surface area (Å²) in [6.45, 7) is 4.75. The normalized spacial score (nSPS) is 14.1. The molecular formula is C27H33NO2S. The number of imide groups is 1. The smallest absolute Gasteiger partial charge is 0.268 e. The second-order valence-corrected chi connectivity index (χ2v) is 9.31. The first-order valence-electron chi connectivity index (χ1n) is 11.5. The van der Waals surface area contributed by atoms with Crippen molar-refractivity contribution < 1.29 is 9.59 Å². The molecule has 0 fully saturated rings. The van der Waals surface area contributed by atoms with E-state index in [9.17, 15) is 9.59 Å². The van der Waals surface area contributed by atoms with Crippen molar-refractivity contribution in [2.24, 2.45) is 0 Å². The zero-order chi connectivity index (χ0) is 22.1. The molecule has 3 rings (SSSR count). The summed E-state index contributed by atoms with van der Waals surface area (Å²) >= 11 is 1.40. The van der Waals surface area contributed by atoms with Crippen LogP contribution in [0.25, 0.3) is 5.57 Å². The molecule has 0 atom stereocenters. The Bertz CT molecular complexity index is 903. The zero-order valence-corrected chi connectivity index (χ0v) is 19.5. The number of thioether (sulfide) groups is 1. The van der Waals surface area contributed by atoms with E-state index >= 15 is 0 Å². The second-order valence-electron chi connectivity index (χ2n) is 8.22. The molecule has 31 heavy (non-hydrogen) atoms. The lowest BCUT2D eigenvalue weighted by Crippen LogP contribution is -2.32. The highest BCUT2D eigenvalue weighted by Gasteiger charge is 2.38. The first kappa shape index (κ1) is 23.3. The SMILES string of the molecule is CCCCCCCCCCN1C(=O)C(Sc2ccccc2)=C(c2ccc(C)cc2)C1=O. The molecule has 1 aliphatic rings. The van der Waals surface area contributed by atoms with Gasteiger partial charge in [-0.1, -0.05) is 112 Å². The predicted octanol–water partition coefficient (Wildman–Crippen LogP) is 7.01. The van der Waals surface area contributed by atoms with Gasteiger partial charge in [-0.15, -0.1) is 0 Å². The fourth-order valence-corrected chi connectivity index (χ4v) is 4.87. The Balaban J connectivity index is 1.68. The number of nitrogens with zero attached hydrogens (tertiary/aromatic N) is 1. The fourth-order valence-electron chi connectivity index (χ4n) is 3.84. The van der Waals surface area contributed by atoms with Crippen LogP contribution in [0, 0.1) is 6.92 Å². The molecule has 0 bridgehead atoms. The number of rotatable bonds is 12. The predicted molar refractivity (Wildman–Crippen MR) is 130 cm³/mol. The zero-order valence-electron chi connectivity index (χ0n) is 18.7. The molecule has 3 nitrogen and oxygen atoms in total. The van der Waals surface area contributed by atoms with Crippen LogP contribution >= 0.6 is 11.8 Å². The van der Waals surface area contributed by atoms with Crippen LogP contribution in [0.4, 0.5) is 0 Å². The number of hydrogen-bond donors (Lipinski definition) is 0. The van der Waals surface area contributed by atoms with Gasteiger partial charge in [0.05, 0.1) is 10.5 Å². The van der Waals surface area contributed by atoms with Gasteiger partial charge in [0, 0.05) is 11.4 Å². The lowest BCUT2D eigenvalue weighted by atomic mass is 10.0. The number of amides is 2. The van der Waals surface area contributed by atoms with Crippen molar-refractivity contribution in [1.29, 1.82) is 0 Å². The number of benzene rings is 2. The van der Waals surface area contributed by atoms with Gasteiger partial charge in [-0.2, -0.15) is 0 Å². The maximum Gasteiger partial charge on any atom is 0.268 e. The van der Waals surface area contributed by atoms with Crippen molar-refractivity contribution in [3.05, 3.63) is 70.6 Å². The van der Waals surface area contributed by atoms with Gasteiger partial charge >= 0.3 is 0 Å². The number of unbranched alkanes of at least 4 members (excludes halogenated alkanes) is 7. The third kappa shape index (κ3) is 6.33. The van der Waals surface area contributed by atoms with Crippen LogP contribution in [0.3, 0.4) is 0 Å². The number of aryl methyl sites for hydroxylation is 1. The van der Waals surface area contributed by atoms with Crippen molar-refractivity contribution in [1.82, 2.24) is 4.90 Å². The molecular weight excluding hydrogens is 402 g/mol. The quantitative estimate of drug-likeness (QED) is 0.266. The molecule has 0 saturated heterocycles. The van der Waals surface area contributed by atoms with E-state index in [1.54, 1.807) is 0 Å². The third-order valence-electron chi connectivity index (χ3n) is 5.66. The van der Waals surface area contributed by atoms with Crippen molar-refractivity contribution in [3.8, 4) is 0 Å². The van der Waals surface area contributed by atoms with Crippen LogP contribution in [0.2, 0.25) is 0 Å². The van der Waals surface area contributed by atoms with E-state index in [1.165, 1.54) is 55.2 Å². The molecule has 2 aromatic carbocycles. The maximum absolute atomic E-state index is 13.3. The second kappa shape index (κ2) is 11.9. The monoisotopic (exact) mass is 435 g/mol. The minimum atomic E-state index is -0.157. The van der Waals surface area contributed by atoms with Gasteiger partial charge in [-0.05, 0) is 31.0 Å². The van der Waals surface area contributed by atoms with E-state index in [1.807, 2.05) is 61.5 Å².